The summed E-state index contributed by atoms with van der Waals surface area (Å²) in [5.74, 6) is 1.94. The number of aromatic nitrogens is 1. The maximum atomic E-state index is 5.64. The highest BCUT2D eigenvalue weighted by Crippen LogP contribution is 2.14. The van der Waals surface area contributed by atoms with Gasteiger partial charge in [-0.1, -0.05) is 43.3 Å². The number of guanidine groups is 1. The maximum absolute atomic E-state index is 5.64. The van der Waals surface area contributed by atoms with Crippen LogP contribution in [0.25, 0.3) is 0 Å². The summed E-state index contributed by atoms with van der Waals surface area (Å²) in [6.07, 6.45) is 0.307. The Bertz CT molecular complexity index is 824. The molecular weight excluding hydrogens is 505 g/mol. The van der Waals surface area contributed by atoms with E-state index in [2.05, 4.69) is 72.7 Å². The molecule has 0 bridgehead atoms. The third kappa shape index (κ3) is 8.42. The lowest BCUT2D eigenvalue weighted by molar-refractivity contribution is -0.0212. The Morgan fingerprint density at radius 1 is 1.26 bits per heavy atom. The number of nitrogens with zero attached hydrogens (tertiary/aromatic N) is 3. The fourth-order valence-electron chi connectivity index (χ4n) is 3.49. The lowest BCUT2D eigenvalue weighted by atomic mass is 10.1. The highest BCUT2D eigenvalue weighted by molar-refractivity contribution is 14.0. The number of benzene rings is 1. The first-order valence-electron chi connectivity index (χ1n) is 10.9. The van der Waals surface area contributed by atoms with Gasteiger partial charge in [-0.3, -0.25) is 4.90 Å². The molecule has 1 aromatic heterocycles. The van der Waals surface area contributed by atoms with Crippen molar-refractivity contribution in [2.75, 3.05) is 26.2 Å². The molecule has 2 heterocycles. The molecule has 1 unspecified atom stereocenters. The van der Waals surface area contributed by atoms with Gasteiger partial charge >= 0.3 is 0 Å². The van der Waals surface area contributed by atoms with Crippen molar-refractivity contribution in [3.63, 3.8) is 0 Å². The first kappa shape index (κ1) is 25.6. The fraction of sp³-hybridized carbons (Fsp3) is 0.565. The third-order valence-electron chi connectivity index (χ3n) is 5.09. The molecule has 2 N–H and O–H groups in total. The summed E-state index contributed by atoms with van der Waals surface area (Å²) in [6.45, 7) is 14.1. The lowest BCUT2D eigenvalue weighted by Gasteiger charge is -2.31. The summed E-state index contributed by atoms with van der Waals surface area (Å²) in [5, 5.41) is 10.7. The van der Waals surface area contributed by atoms with Gasteiger partial charge < -0.3 is 19.9 Å². The molecular formula is C23H36IN5O2. The number of halogens is 1. The number of hydrogen-bond donors (Lipinski definition) is 2. The molecule has 0 amide bonds. The van der Waals surface area contributed by atoms with E-state index >= 15 is 0 Å². The number of aliphatic imine (C=N–C) groups is 1. The molecule has 8 heteroatoms. The van der Waals surface area contributed by atoms with Crippen LogP contribution in [0.5, 0.6) is 0 Å². The average molecular weight is 541 g/mol. The Morgan fingerprint density at radius 2 is 2.06 bits per heavy atom. The van der Waals surface area contributed by atoms with Crippen molar-refractivity contribution < 1.29 is 9.26 Å². The quantitative estimate of drug-likeness (QED) is 0.300. The van der Waals surface area contributed by atoms with Crippen LogP contribution in [0.2, 0.25) is 0 Å². The fourth-order valence-corrected chi connectivity index (χ4v) is 3.49. The van der Waals surface area contributed by atoms with Crippen molar-refractivity contribution in [1.82, 2.24) is 20.7 Å². The summed E-state index contributed by atoms with van der Waals surface area (Å²) in [6, 6.07) is 10.7. The van der Waals surface area contributed by atoms with Gasteiger partial charge in [0.1, 0.15) is 0 Å². The first-order valence-corrected chi connectivity index (χ1v) is 10.9. The zero-order valence-corrected chi connectivity index (χ0v) is 21.4. The van der Waals surface area contributed by atoms with Gasteiger partial charge in [-0.15, -0.1) is 24.0 Å². The number of nitrogens with one attached hydrogen (secondary N) is 2. The SMILES string of the molecule is CCNC(=NCc1cccc(CN2CCOC(C)C2)c1)NCc1cc(C(C)C)no1.I. The molecule has 3 rings (SSSR count). The van der Waals surface area contributed by atoms with Crippen LogP contribution in [0.15, 0.2) is 39.8 Å². The zero-order valence-electron chi connectivity index (χ0n) is 19.1. The van der Waals surface area contributed by atoms with Crippen LogP contribution in [0.1, 0.15) is 56.2 Å². The van der Waals surface area contributed by atoms with Crippen LogP contribution in [0.3, 0.4) is 0 Å². The predicted molar refractivity (Wildman–Crippen MR) is 135 cm³/mol. The van der Waals surface area contributed by atoms with Gasteiger partial charge in [0.25, 0.3) is 0 Å². The van der Waals surface area contributed by atoms with Crippen LogP contribution >= 0.6 is 24.0 Å². The Kier molecular flexibility index (Phi) is 10.8. The van der Waals surface area contributed by atoms with Crippen LogP contribution in [-0.2, 0) is 24.4 Å². The molecule has 0 spiro atoms. The number of morpholine rings is 1. The molecule has 1 atom stereocenters. The van der Waals surface area contributed by atoms with Crippen molar-refractivity contribution >= 4 is 29.9 Å². The highest BCUT2D eigenvalue weighted by Gasteiger charge is 2.16. The van der Waals surface area contributed by atoms with Gasteiger partial charge in [-0.05, 0) is 30.9 Å². The van der Waals surface area contributed by atoms with Crippen LogP contribution in [-0.4, -0.2) is 48.4 Å². The second kappa shape index (κ2) is 13.0. The molecule has 0 aliphatic carbocycles. The van der Waals surface area contributed by atoms with E-state index in [4.69, 9.17) is 14.3 Å². The van der Waals surface area contributed by atoms with Crippen molar-refractivity contribution in [3.05, 3.63) is 52.9 Å². The average Bonchev–Trinajstić information content (AvgIpc) is 3.20. The van der Waals surface area contributed by atoms with E-state index in [0.29, 0.717) is 25.1 Å². The second-order valence-corrected chi connectivity index (χ2v) is 8.16. The van der Waals surface area contributed by atoms with E-state index in [-0.39, 0.29) is 24.0 Å². The van der Waals surface area contributed by atoms with Crippen molar-refractivity contribution in [2.45, 2.75) is 59.4 Å². The van der Waals surface area contributed by atoms with E-state index < -0.39 is 0 Å². The van der Waals surface area contributed by atoms with Crippen molar-refractivity contribution in [3.8, 4) is 0 Å². The zero-order chi connectivity index (χ0) is 21.3. The molecule has 2 aromatic rings. The van der Waals surface area contributed by atoms with Gasteiger partial charge in [0, 0.05) is 32.2 Å². The van der Waals surface area contributed by atoms with Crippen LogP contribution in [0, 0.1) is 0 Å². The van der Waals surface area contributed by atoms with E-state index in [9.17, 15) is 0 Å². The van der Waals surface area contributed by atoms with E-state index in [1.54, 1.807) is 0 Å². The minimum Gasteiger partial charge on any atom is -0.376 e. The van der Waals surface area contributed by atoms with Gasteiger partial charge in [0.2, 0.25) is 0 Å². The van der Waals surface area contributed by atoms with E-state index in [1.165, 1.54) is 11.1 Å². The third-order valence-corrected chi connectivity index (χ3v) is 5.09. The molecule has 7 nitrogen and oxygen atoms in total. The standard InChI is InChI=1S/C23H35N5O2.HI/c1-5-24-23(26-14-21-12-22(17(2)3)27-30-21)25-13-19-7-6-8-20(11-19)16-28-9-10-29-18(4)15-28;/h6-8,11-12,17-18H,5,9-10,13-16H2,1-4H3,(H2,24,25,26);1H. The van der Waals surface area contributed by atoms with Gasteiger partial charge in [-0.25, -0.2) is 4.99 Å². The number of hydrogen-bond acceptors (Lipinski definition) is 5. The second-order valence-electron chi connectivity index (χ2n) is 8.16. The minimum absolute atomic E-state index is 0. The largest absolute Gasteiger partial charge is 0.376 e. The number of ether oxygens (including phenoxy) is 1. The predicted octanol–water partition coefficient (Wildman–Crippen LogP) is 3.89. The van der Waals surface area contributed by atoms with E-state index in [0.717, 1.165) is 50.2 Å². The lowest BCUT2D eigenvalue weighted by Crippen LogP contribution is -2.40. The number of rotatable bonds is 8. The summed E-state index contributed by atoms with van der Waals surface area (Å²) < 4.78 is 11.0. The molecule has 0 radical (unpaired) electrons. The van der Waals surface area contributed by atoms with Crippen molar-refractivity contribution in [1.29, 1.82) is 0 Å². The normalized spacial score (nSPS) is 17.5. The highest BCUT2D eigenvalue weighted by atomic mass is 127. The maximum Gasteiger partial charge on any atom is 0.191 e. The molecule has 1 fully saturated rings. The van der Waals surface area contributed by atoms with Gasteiger partial charge in [0.15, 0.2) is 11.7 Å². The Hall–Kier alpha value is -1.65. The van der Waals surface area contributed by atoms with Crippen LogP contribution < -0.4 is 10.6 Å². The van der Waals surface area contributed by atoms with Gasteiger partial charge in [-0.2, -0.15) is 0 Å². The molecule has 0 saturated carbocycles. The molecule has 1 aliphatic heterocycles. The Labute approximate surface area is 203 Å². The summed E-state index contributed by atoms with van der Waals surface area (Å²) in [7, 11) is 0. The Morgan fingerprint density at radius 3 is 2.77 bits per heavy atom. The monoisotopic (exact) mass is 541 g/mol. The Balaban J connectivity index is 0.00000341. The topological polar surface area (TPSA) is 74.9 Å². The molecule has 31 heavy (non-hydrogen) atoms. The molecule has 1 aromatic carbocycles. The van der Waals surface area contributed by atoms with Crippen molar-refractivity contribution in [2.24, 2.45) is 4.99 Å². The summed E-state index contributed by atoms with van der Waals surface area (Å²) >= 11 is 0. The van der Waals surface area contributed by atoms with Gasteiger partial charge in [0.05, 0.1) is 31.5 Å². The molecule has 172 valence electrons. The van der Waals surface area contributed by atoms with E-state index in [1.807, 2.05) is 6.07 Å². The van der Waals surface area contributed by atoms with Crippen LogP contribution in [0.4, 0.5) is 0 Å². The molecule has 1 saturated heterocycles. The summed E-state index contributed by atoms with van der Waals surface area (Å²) in [4.78, 5) is 7.19. The first-order chi connectivity index (χ1) is 14.5. The minimum atomic E-state index is 0. The molecule has 1 aliphatic rings. The summed E-state index contributed by atoms with van der Waals surface area (Å²) in [5.41, 5.74) is 3.49. The smallest absolute Gasteiger partial charge is 0.191 e.